The predicted molar refractivity (Wildman–Crippen MR) is 104 cm³/mol. The second-order valence-corrected chi connectivity index (χ2v) is 6.09. The van der Waals surface area contributed by atoms with E-state index in [1.807, 2.05) is 6.92 Å². The SMILES string of the molecule is CCN(CC(=O)Nc1ccc(OC)cc1)CC(=O)Nc1cc(F)ccc1C. The number of rotatable bonds is 8. The predicted octanol–water partition coefficient (Wildman–Crippen LogP) is 3.04. The third-order valence-electron chi connectivity index (χ3n) is 4.03. The highest BCUT2D eigenvalue weighted by atomic mass is 19.1. The maximum absolute atomic E-state index is 13.3. The lowest BCUT2D eigenvalue weighted by atomic mass is 10.2. The van der Waals surface area contributed by atoms with Crippen molar-refractivity contribution in [2.24, 2.45) is 0 Å². The van der Waals surface area contributed by atoms with Gasteiger partial charge in [-0.1, -0.05) is 13.0 Å². The molecule has 0 atom stereocenters. The van der Waals surface area contributed by atoms with E-state index in [4.69, 9.17) is 4.74 Å². The van der Waals surface area contributed by atoms with E-state index in [9.17, 15) is 14.0 Å². The number of aryl methyl sites for hydroxylation is 1. The first-order valence-corrected chi connectivity index (χ1v) is 8.63. The summed E-state index contributed by atoms with van der Waals surface area (Å²) in [5, 5.41) is 5.47. The number of likely N-dealkylation sites (N-methyl/N-ethyl adjacent to an activating group) is 1. The molecule has 0 aliphatic heterocycles. The summed E-state index contributed by atoms with van der Waals surface area (Å²) in [6, 6.07) is 11.2. The number of methoxy groups -OCH3 is 1. The Morgan fingerprint density at radius 3 is 2.26 bits per heavy atom. The zero-order valence-corrected chi connectivity index (χ0v) is 15.7. The molecule has 2 aromatic carbocycles. The van der Waals surface area contributed by atoms with E-state index in [2.05, 4.69) is 10.6 Å². The number of carbonyl (C=O) groups is 2. The van der Waals surface area contributed by atoms with E-state index in [1.54, 1.807) is 49.3 Å². The maximum atomic E-state index is 13.3. The average molecular weight is 373 g/mol. The molecule has 0 aliphatic rings. The zero-order chi connectivity index (χ0) is 19.8. The van der Waals surface area contributed by atoms with Crippen LogP contribution in [0.1, 0.15) is 12.5 Å². The van der Waals surface area contributed by atoms with Crippen LogP contribution in [0.15, 0.2) is 42.5 Å². The molecule has 2 aromatic rings. The number of ether oxygens (including phenoxy) is 1. The largest absolute Gasteiger partial charge is 0.497 e. The maximum Gasteiger partial charge on any atom is 0.238 e. The number of nitrogens with zero attached hydrogens (tertiary/aromatic N) is 1. The molecule has 6 nitrogen and oxygen atoms in total. The molecule has 0 radical (unpaired) electrons. The molecule has 2 N–H and O–H groups in total. The van der Waals surface area contributed by atoms with Crippen LogP contribution >= 0.6 is 0 Å². The fourth-order valence-corrected chi connectivity index (χ4v) is 2.48. The quantitative estimate of drug-likeness (QED) is 0.746. The van der Waals surface area contributed by atoms with Gasteiger partial charge in [0, 0.05) is 11.4 Å². The van der Waals surface area contributed by atoms with Crippen LogP contribution in [0, 0.1) is 12.7 Å². The second kappa shape index (κ2) is 9.68. The summed E-state index contributed by atoms with van der Waals surface area (Å²) in [6.45, 7) is 4.27. The Bertz CT molecular complexity index is 794. The lowest BCUT2D eigenvalue weighted by Crippen LogP contribution is -2.38. The first kappa shape index (κ1) is 20.4. The Morgan fingerprint density at radius 2 is 1.67 bits per heavy atom. The highest BCUT2D eigenvalue weighted by Crippen LogP contribution is 2.16. The van der Waals surface area contributed by atoms with Crippen LogP contribution in [0.5, 0.6) is 5.75 Å². The van der Waals surface area contributed by atoms with E-state index in [1.165, 1.54) is 12.1 Å². The molecule has 0 aromatic heterocycles. The number of hydrogen-bond acceptors (Lipinski definition) is 4. The van der Waals surface area contributed by atoms with Crippen LogP contribution in [0.4, 0.5) is 15.8 Å². The number of anilines is 2. The van der Waals surface area contributed by atoms with Gasteiger partial charge in [-0.05, 0) is 55.4 Å². The topological polar surface area (TPSA) is 70.7 Å². The van der Waals surface area contributed by atoms with Crippen LogP contribution in [-0.4, -0.2) is 43.5 Å². The van der Waals surface area contributed by atoms with Gasteiger partial charge in [0.2, 0.25) is 11.8 Å². The van der Waals surface area contributed by atoms with Gasteiger partial charge < -0.3 is 15.4 Å². The highest BCUT2D eigenvalue weighted by Gasteiger charge is 2.14. The van der Waals surface area contributed by atoms with Crippen LogP contribution < -0.4 is 15.4 Å². The molecular weight excluding hydrogens is 349 g/mol. The van der Waals surface area contributed by atoms with Crippen molar-refractivity contribution in [3.8, 4) is 5.75 Å². The minimum absolute atomic E-state index is 0.0302. The summed E-state index contributed by atoms with van der Waals surface area (Å²) in [6.07, 6.45) is 0. The van der Waals surface area contributed by atoms with Gasteiger partial charge in [0.05, 0.1) is 20.2 Å². The van der Waals surface area contributed by atoms with Crippen molar-refractivity contribution >= 4 is 23.2 Å². The van der Waals surface area contributed by atoms with Crippen LogP contribution in [0.3, 0.4) is 0 Å². The fraction of sp³-hybridized carbons (Fsp3) is 0.300. The summed E-state index contributed by atoms with van der Waals surface area (Å²) >= 11 is 0. The normalized spacial score (nSPS) is 10.6. The molecule has 0 spiro atoms. The van der Waals surface area contributed by atoms with Gasteiger partial charge >= 0.3 is 0 Å². The van der Waals surface area contributed by atoms with Gasteiger partial charge in [-0.25, -0.2) is 4.39 Å². The van der Waals surface area contributed by atoms with Crippen LogP contribution in [0.25, 0.3) is 0 Å². The van der Waals surface area contributed by atoms with E-state index in [-0.39, 0.29) is 24.9 Å². The number of halogens is 1. The molecule has 7 heteroatoms. The van der Waals surface area contributed by atoms with Crippen molar-refractivity contribution in [2.75, 3.05) is 37.4 Å². The van der Waals surface area contributed by atoms with Gasteiger partial charge in [-0.15, -0.1) is 0 Å². The highest BCUT2D eigenvalue weighted by molar-refractivity contribution is 5.95. The van der Waals surface area contributed by atoms with E-state index >= 15 is 0 Å². The molecule has 0 bridgehead atoms. The van der Waals surface area contributed by atoms with Crippen LogP contribution in [0.2, 0.25) is 0 Å². The van der Waals surface area contributed by atoms with Gasteiger partial charge in [-0.3, -0.25) is 14.5 Å². The summed E-state index contributed by atoms with van der Waals surface area (Å²) in [5.41, 5.74) is 1.85. The van der Waals surface area contributed by atoms with Crippen molar-refractivity contribution in [2.45, 2.75) is 13.8 Å². The van der Waals surface area contributed by atoms with Gasteiger partial charge in [0.1, 0.15) is 11.6 Å². The smallest absolute Gasteiger partial charge is 0.238 e. The van der Waals surface area contributed by atoms with Gasteiger partial charge in [0.25, 0.3) is 0 Å². The second-order valence-electron chi connectivity index (χ2n) is 6.09. The van der Waals surface area contributed by atoms with Crippen molar-refractivity contribution in [1.29, 1.82) is 0 Å². The minimum Gasteiger partial charge on any atom is -0.497 e. The Hall–Kier alpha value is -2.93. The molecule has 0 unspecified atom stereocenters. The number of benzene rings is 2. The Balaban J connectivity index is 1.88. The van der Waals surface area contributed by atoms with Crippen molar-refractivity contribution in [1.82, 2.24) is 4.90 Å². The van der Waals surface area contributed by atoms with Crippen molar-refractivity contribution in [3.05, 3.63) is 53.8 Å². The van der Waals surface area contributed by atoms with Crippen molar-refractivity contribution < 1.29 is 18.7 Å². The minimum atomic E-state index is -0.415. The molecule has 0 heterocycles. The molecule has 2 amide bonds. The summed E-state index contributed by atoms with van der Waals surface area (Å²) < 4.78 is 18.4. The summed E-state index contributed by atoms with van der Waals surface area (Å²) in [4.78, 5) is 26.1. The zero-order valence-electron chi connectivity index (χ0n) is 15.7. The monoisotopic (exact) mass is 373 g/mol. The van der Waals surface area contributed by atoms with Crippen LogP contribution in [-0.2, 0) is 9.59 Å². The number of nitrogens with one attached hydrogen (secondary N) is 2. The first-order valence-electron chi connectivity index (χ1n) is 8.63. The number of hydrogen-bond donors (Lipinski definition) is 2. The van der Waals surface area contributed by atoms with Crippen molar-refractivity contribution in [3.63, 3.8) is 0 Å². The first-order chi connectivity index (χ1) is 12.9. The Morgan fingerprint density at radius 1 is 1.04 bits per heavy atom. The Labute approximate surface area is 158 Å². The van der Waals surface area contributed by atoms with E-state index < -0.39 is 5.82 Å². The molecule has 0 saturated carbocycles. The standard InChI is InChI=1S/C20H24FN3O3/c1-4-24(12-19(25)22-16-7-9-17(27-3)10-8-16)13-20(26)23-18-11-15(21)6-5-14(18)2/h5-11H,4,12-13H2,1-3H3,(H,22,25)(H,23,26). The third kappa shape index (κ3) is 6.38. The molecule has 2 rings (SSSR count). The molecule has 27 heavy (non-hydrogen) atoms. The number of amides is 2. The lowest BCUT2D eigenvalue weighted by Gasteiger charge is -2.19. The molecule has 0 aliphatic carbocycles. The fourth-order valence-electron chi connectivity index (χ4n) is 2.48. The lowest BCUT2D eigenvalue weighted by molar-refractivity contribution is -0.119. The third-order valence-corrected chi connectivity index (χ3v) is 4.03. The average Bonchev–Trinajstić information content (AvgIpc) is 2.64. The van der Waals surface area contributed by atoms with E-state index in [0.717, 1.165) is 5.56 Å². The molecule has 0 fully saturated rings. The molecule has 144 valence electrons. The summed E-state index contributed by atoms with van der Waals surface area (Å²) in [7, 11) is 1.57. The van der Waals surface area contributed by atoms with E-state index in [0.29, 0.717) is 23.7 Å². The molecule has 0 saturated heterocycles. The molecular formula is C20H24FN3O3. The summed E-state index contributed by atoms with van der Waals surface area (Å²) in [5.74, 6) is -0.242. The Kier molecular flexibility index (Phi) is 7.31. The van der Waals surface area contributed by atoms with Gasteiger partial charge in [0.15, 0.2) is 0 Å². The number of carbonyl (C=O) groups excluding carboxylic acids is 2. The van der Waals surface area contributed by atoms with Gasteiger partial charge in [-0.2, -0.15) is 0 Å².